The summed E-state index contributed by atoms with van der Waals surface area (Å²) in [7, 11) is 1.75. The molecule has 0 spiro atoms. The lowest BCUT2D eigenvalue weighted by molar-refractivity contribution is 0.668. The molecule has 0 amide bonds. The van der Waals surface area contributed by atoms with E-state index in [0.717, 1.165) is 22.3 Å². The minimum atomic E-state index is -0.102. The summed E-state index contributed by atoms with van der Waals surface area (Å²) < 4.78 is 1.57. The van der Waals surface area contributed by atoms with E-state index in [1.807, 2.05) is 60.7 Å². The van der Waals surface area contributed by atoms with E-state index in [1.54, 1.807) is 24.0 Å². The quantitative estimate of drug-likeness (QED) is 0.439. The summed E-state index contributed by atoms with van der Waals surface area (Å²) >= 11 is 0. The third-order valence-corrected chi connectivity index (χ3v) is 6.01. The number of anilines is 1. The third-order valence-electron chi connectivity index (χ3n) is 6.01. The van der Waals surface area contributed by atoms with Gasteiger partial charge in [0.05, 0.1) is 11.3 Å². The molecule has 2 aromatic carbocycles. The van der Waals surface area contributed by atoms with E-state index in [1.165, 1.54) is 5.56 Å². The molecule has 0 aliphatic rings. The Hall–Kier alpha value is -3.77. The molecule has 33 heavy (non-hydrogen) atoms. The van der Waals surface area contributed by atoms with Gasteiger partial charge in [0.25, 0.3) is 5.56 Å². The van der Waals surface area contributed by atoms with E-state index in [9.17, 15) is 4.79 Å². The predicted octanol–water partition coefficient (Wildman–Crippen LogP) is 4.63. The van der Waals surface area contributed by atoms with Gasteiger partial charge in [-0.1, -0.05) is 48.5 Å². The average Bonchev–Trinajstić information content (AvgIpc) is 2.84. The van der Waals surface area contributed by atoms with Crippen LogP contribution in [-0.4, -0.2) is 21.1 Å². The van der Waals surface area contributed by atoms with Gasteiger partial charge in [-0.2, -0.15) is 0 Å². The smallest absolute Gasteiger partial charge is 0.263 e. The predicted molar refractivity (Wildman–Crippen MR) is 134 cm³/mol. The van der Waals surface area contributed by atoms with Gasteiger partial charge in [0.15, 0.2) is 0 Å². The lowest BCUT2D eigenvalue weighted by Gasteiger charge is -2.17. The fourth-order valence-corrected chi connectivity index (χ4v) is 3.84. The van der Waals surface area contributed by atoms with Crippen molar-refractivity contribution in [3.05, 3.63) is 100 Å². The van der Waals surface area contributed by atoms with E-state index < -0.39 is 0 Å². The standard InChI is InChI=1S/C27H29N5O/c1-18-9-10-22(17-19(18)2)24-25(21-11-14-29-15-12-21)31-27(32(3)26(24)33)30-16-13-23(28)20-7-5-4-6-8-20/h4-12,14-15,17,23H,13,16,28H2,1-3H3,(H,30,31)/t23-/m0/s1. The van der Waals surface area contributed by atoms with Crippen molar-refractivity contribution in [2.75, 3.05) is 11.9 Å². The van der Waals surface area contributed by atoms with Gasteiger partial charge in [0.1, 0.15) is 0 Å². The van der Waals surface area contributed by atoms with Crippen LogP contribution in [0.3, 0.4) is 0 Å². The maximum absolute atomic E-state index is 13.5. The summed E-state index contributed by atoms with van der Waals surface area (Å²) in [5.41, 5.74) is 12.6. The first-order valence-electron chi connectivity index (χ1n) is 11.1. The van der Waals surface area contributed by atoms with E-state index in [-0.39, 0.29) is 11.6 Å². The first kappa shape index (κ1) is 22.4. The van der Waals surface area contributed by atoms with Crippen LogP contribution in [0.4, 0.5) is 5.95 Å². The van der Waals surface area contributed by atoms with Crippen LogP contribution < -0.4 is 16.6 Å². The van der Waals surface area contributed by atoms with Gasteiger partial charge in [0.2, 0.25) is 5.95 Å². The van der Waals surface area contributed by atoms with Crippen LogP contribution in [0.1, 0.15) is 29.2 Å². The number of aryl methyl sites for hydroxylation is 2. The number of benzene rings is 2. The lowest BCUT2D eigenvalue weighted by atomic mass is 9.97. The van der Waals surface area contributed by atoms with Gasteiger partial charge in [-0.3, -0.25) is 14.3 Å². The summed E-state index contributed by atoms with van der Waals surface area (Å²) in [4.78, 5) is 22.5. The number of nitrogens with one attached hydrogen (secondary N) is 1. The third kappa shape index (κ3) is 4.86. The first-order chi connectivity index (χ1) is 16.0. The molecular formula is C27H29N5O. The fraction of sp³-hybridized carbons (Fsp3) is 0.222. The van der Waals surface area contributed by atoms with Gasteiger partial charge in [0, 0.05) is 37.6 Å². The van der Waals surface area contributed by atoms with Crippen molar-refractivity contribution in [2.45, 2.75) is 26.3 Å². The lowest BCUT2D eigenvalue weighted by Crippen LogP contribution is -2.26. The highest BCUT2D eigenvalue weighted by atomic mass is 16.1. The van der Waals surface area contributed by atoms with Gasteiger partial charge >= 0.3 is 0 Å². The highest BCUT2D eigenvalue weighted by Gasteiger charge is 2.18. The Labute approximate surface area is 194 Å². The molecule has 0 fully saturated rings. The second-order valence-electron chi connectivity index (χ2n) is 8.29. The summed E-state index contributed by atoms with van der Waals surface area (Å²) in [6.45, 7) is 4.70. The molecule has 0 saturated heterocycles. The monoisotopic (exact) mass is 439 g/mol. The molecule has 0 unspecified atom stereocenters. The summed E-state index contributed by atoms with van der Waals surface area (Å²) in [6, 6.07) is 19.7. The molecule has 0 saturated carbocycles. The molecule has 2 aromatic heterocycles. The van der Waals surface area contributed by atoms with E-state index in [0.29, 0.717) is 30.2 Å². The molecule has 1 atom stereocenters. The Kier molecular flexibility index (Phi) is 6.66. The number of hydrogen-bond acceptors (Lipinski definition) is 5. The Morgan fingerprint density at radius 2 is 1.70 bits per heavy atom. The summed E-state index contributed by atoms with van der Waals surface area (Å²) in [5.74, 6) is 0.514. The van der Waals surface area contributed by atoms with Crippen molar-refractivity contribution < 1.29 is 0 Å². The molecule has 2 heterocycles. The van der Waals surface area contributed by atoms with Crippen LogP contribution in [0.25, 0.3) is 22.4 Å². The largest absolute Gasteiger partial charge is 0.355 e. The highest BCUT2D eigenvalue weighted by molar-refractivity contribution is 5.81. The van der Waals surface area contributed by atoms with Crippen LogP contribution in [0, 0.1) is 13.8 Å². The molecular weight excluding hydrogens is 410 g/mol. The zero-order chi connectivity index (χ0) is 23.4. The van der Waals surface area contributed by atoms with Crippen molar-refractivity contribution in [1.29, 1.82) is 0 Å². The van der Waals surface area contributed by atoms with Crippen LogP contribution in [0.15, 0.2) is 77.9 Å². The molecule has 0 radical (unpaired) electrons. The molecule has 6 nitrogen and oxygen atoms in total. The maximum Gasteiger partial charge on any atom is 0.263 e. The molecule has 4 aromatic rings. The molecule has 0 bridgehead atoms. The molecule has 4 rings (SSSR count). The number of aromatic nitrogens is 3. The maximum atomic E-state index is 13.5. The van der Waals surface area contributed by atoms with Crippen LogP contribution in [0.5, 0.6) is 0 Å². The van der Waals surface area contributed by atoms with E-state index >= 15 is 0 Å². The molecule has 168 valence electrons. The van der Waals surface area contributed by atoms with Crippen LogP contribution in [0.2, 0.25) is 0 Å². The zero-order valence-corrected chi connectivity index (χ0v) is 19.2. The van der Waals surface area contributed by atoms with Gasteiger partial charge in [-0.15, -0.1) is 0 Å². The topological polar surface area (TPSA) is 85.8 Å². The Morgan fingerprint density at radius 3 is 2.39 bits per heavy atom. The molecule has 0 aliphatic carbocycles. The Bertz CT molecular complexity index is 1300. The number of hydrogen-bond donors (Lipinski definition) is 2. The SMILES string of the molecule is Cc1ccc(-c2c(-c3ccncc3)nc(NCC[C@H](N)c3ccccc3)n(C)c2=O)cc1C. The van der Waals surface area contributed by atoms with Gasteiger partial charge in [-0.05, 0) is 54.7 Å². The fourth-order valence-electron chi connectivity index (χ4n) is 3.84. The van der Waals surface area contributed by atoms with Crippen molar-refractivity contribution in [1.82, 2.24) is 14.5 Å². The molecule has 3 N–H and O–H groups in total. The average molecular weight is 440 g/mol. The summed E-state index contributed by atoms with van der Waals surface area (Å²) in [5, 5.41) is 3.32. The minimum absolute atomic E-state index is 0.0924. The van der Waals surface area contributed by atoms with Gasteiger partial charge < -0.3 is 11.1 Å². The van der Waals surface area contributed by atoms with E-state index in [4.69, 9.17) is 10.7 Å². The number of rotatable bonds is 7. The summed E-state index contributed by atoms with van der Waals surface area (Å²) in [6.07, 6.45) is 4.14. The highest BCUT2D eigenvalue weighted by Crippen LogP contribution is 2.30. The van der Waals surface area contributed by atoms with Crippen molar-refractivity contribution in [3.63, 3.8) is 0 Å². The van der Waals surface area contributed by atoms with Crippen LogP contribution in [-0.2, 0) is 7.05 Å². The molecule has 0 aliphatic heterocycles. The first-order valence-corrected chi connectivity index (χ1v) is 11.1. The van der Waals surface area contributed by atoms with E-state index in [2.05, 4.69) is 24.1 Å². The van der Waals surface area contributed by atoms with Gasteiger partial charge in [-0.25, -0.2) is 4.98 Å². The second-order valence-corrected chi connectivity index (χ2v) is 8.29. The number of pyridine rings is 1. The number of nitrogens with two attached hydrogens (primary N) is 1. The number of nitrogens with zero attached hydrogens (tertiary/aromatic N) is 3. The van der Waals surface area contributed by atoms with Crippen molar-refractivity contribution in [3.8, 4) is 22.4 Å². The van der Waals surface area contributed by atoms with Crippen LogP contribution >= 0.6 is 0 Å². The Balaban J connectivity index is 1.70. The normalized spacial score (nSPS) is 11.9. The van der Waals surface area contributed by atoms with Crippen molar-refractivity contribution in [2.24, 2.45) is 12.8 Å². The Morgan fingerprint density at radius 1 is 0.970 bits per heavy atom. The zero-order valence-electron chi connectivity index (χ0n) is 19.2. The second kappa shape index (κ2) is 9.79. The van der Waals surface area contributed by atoms with Crippen molar-refractivity contribution >= 4 is 5.95 Å². The molecule has 6 heteroatoms. The minimum Gasteiger partial charge on any atom is -0.355 e.